The van der Waals surface area contributed by atoms with Crippen LogP contribution in [0.15, 0.2) is 18.2 Å². The van der Waals surface area contributed by atoms with Gasteiger partial charge in [0.25, 0.3) is 0 Å². The van der Waals surface area contributed by atoms with Crippen molar-refractivity contribution in [3.8, 4) is 5.75 Å². The van der Waals surface area contributed by atoms with Crippen LogP contribution in [0.25, 0.3) is 0 Å². The van der Waals surface area contributed by atoms with Crippen LogP contribution in [0.4, 0.5) is 0 Å². The summed E-state index contributed by atoms with van der Waals surface area (Å²) < 4.78 is 10.5. The van der Waals surface area contributed by atoms with Crippen LogP contribution in [0.3, 0.4) is 0 Å². The number of nitrogens with one attached hydrogen (secondary N) is 1. The van der Waals surface area contributed by atoms with E-state index >= 15 is 0 Å². The minimum atomic E-state index is -0.335. The molecule has 0 saturated heterocycles. The molecule has 0 bridgehead atoms. The van der Waals surface area contributed by atoms with Crippen LogP contribution >= 0.6 is 17.4 Å². The predicted octanol–water partition coefficient (Wildman–Crippen LogP) is 3.05. The van der Waals surface area contributed by atoms with Crippen molar-refractivity contribution in [2.75, 3.05) is 14.2 Å². The Balaban J connectivity index is 3.07. The first kappa shape index (κ1) is 18.4. The van der Waals surface area contributed by atoms with Crippen LogP contribution in [0.2, 0.25) is 0 Å². The van der Waals surface area contributed by atoms with E-state index in [0.29, 0.717) is 14.9 Å². The summed E-state index contributed by atoms with van der Waals surface area (Å²) in [7, 11) is 6.09. The van der Waals surface area contributed by atoms with Crippen LogP contribution in [0.1, 0.15) is 31.9 Å². The van der Waals surface area contributed by atoms with Crippen molar-refractivity contribution in [1.82, 2.24) is 5.32 Å². The molecule has 1 rings (SSSR count). The molecule has 0 spiro atoms. The number of hydrogen-bond acceptors (Lipinski definition) is 4. The number of rotatable bonds is 6. The first-order valence-electron chi connectivity index (χ1n) is 6.84. The molecule has 0 aromatic heterocycles. The zero-order valence-corrected chi connectivity index (χ0v) is 15.5. The molecule has 0 aliphatic rings. The van der Waals surface area contributed by atoms with Crippen LogP contribution in [0.5, 0.6) is 5.75 Å². The number of likely N-dealkylation sites (N-methyl/N-ethyl adjacent to an activating group) is 1. The second kappa shape index (κ2) is 8.08. The van der Waals surface area contributed by atoms with Gasteiger partial charge in [-0.2, -0.15) is 0 Å². The van der Waals surface area contributed by atoms with E-state index in [1.807, 2.05) is 12.1 Å². The third kappa shape index (κ3) is 5.21. The molecule has 0 saturated carbocycles. The zero-order chi connectivity index (χ0) is 16.0. The highest BCUT2D eigenvalue weighted by atomic mass is 32.0. The van der Waals surface area contributed by atoms with Gasteiger partial charge in [0.15, 0.2) is 0 Å². The predicted molar refractivity (Wildman–Crippen MR) is 92.4 cm³/mol. The van der Waals surface area contributed by atoms with Crippen molar-refractivity contribution < 1.29 is 14.1 Å². The molecule has 1 N–H and O–H groups in total. The quantitative estimate of drug-likeness (QED) is 0.644. The lowest BCUT2D eigenvalue weighted by atomic mass is 9.85. The Morgan fingerprint density at radius 1 is 1.43 bits per heavy atom. The topological polar surface area (TPSA) is 47.6 Å². The lowest BCUT2D eigenvalue weighted by Crippen LogP contribution is -2.36. The molecule has 118 valence electrons. The SMILES string of the molecule is CNC(Cc1ccc(OPP)c(C(C)(C)C)c1)C(=O)OC. The van der Waals surface area contributed by atoms with Gasteiger partial charge in [-0.3, -0.25) is 4.79 Å². The molecule has 3 atom stereocenters. The summed E-state index contributed by atoms with van der Waals surface area (Å²) in [4.78, 5) is 11.7. The highest BCUT2D eigenvalue weighted by Crippen LogP contribution is 2.37. The van der Waals surface area contributed by atoms with Gasteiger partial charge in [-0.1, -0.05) is 41.8 Å². The molecule has 1 aromatic rings. The molecule has 6 heteroatoms. The summed E-state index contributed by atoms with van der Waals surface area (Å²) in [6, 6.07) is 5.77. The number of ether oxygens (including phenoxy) is 1. The van der Waals surface area contributed by atoms with Gasteiger partial charge >= 0.3 is 5.97 Å². The monoisotopic (exact) mass is 329 g/mol. The molecular weight excluding hydrogens is 304 g/mol. The van der Waals surface area contributed by atoms with Gasteiger partial charge in [0.2, 0.25) is 0 Å². The lowest BCUT2D eigenvalue weighted by Gasteiger charge is -2.24. The second-order valence-electron chi connectivity index (χ2n) is 5.87. The Hall–Kier alpha value is -0.690. The van der Waals surface area contributed by atoms with Gasteiger partial charge in [0.05, 0.1) is 15.6 Å². The minimum Gasteiger partial charge on any atom is -0.473 e. The number of methoxy groups -OCH3 is 1. The van der Waals surface area contributed by atoms with Gasteiger partial charge in [0, 0.05) is 5.56 Å². The number of carbonyl (C=O) groups excluding carboxylic acids is 1. The third-order valence-corrected chi connectivity index (χ3v) is 3.99. The Bertz CT molecular complexity index is 486. The van der Waals surface area contributed by atoms with Gasteiger partial charge in [-0.05, 0) is 30.5 Å². The highest BCUT2D eigenvalue weighted by molar-refractivity contribution is 8.00. The van der Waals surface area contributed by atoms with Crippen molar-refractivity contribution in [3.05, 3.63) is 29.3 Å². The van der Waals surface area contributed by atoms with Crippen LogP contribution < -0.4 is 9.84 Å². The van der Waals surface area contributed by atoms with Crippen molar-refractivity contribution in [2.24, 2.45) is 0 Å². The first-order valence-corrected chi connectivity index (χ1v) is 9.56. The molecule has 1 aromatic carbocycles. The standard InChI is InChI=1S/C15H25NO3P2/c1-15(2,3)11-8-10(6-7-13(11)19-21-20)9-12(16-4)14(17)18-5/h6-8,12,16,21H,9,20H2,1-5H3. The average molecular weight is 329 g/mol. The van der Waals surface area contributed by atoms with Crippen LogP contribution in [0, 0.1) is 0 Å². The molecule has 0 amide bonds. The Morgan fingerprint density at radius 2 is 2.10 bits per heavy atom. The van der Waals surface area contributed by atoms with Crippen molar-refractivity contribution in [1.29, 1.82) is 0 Å². The third-order valence-electron chi connectivity index (χ3n) is 3.29. The van der Waals surface area contributed by atoms with Gasteiger partial charge in [0.1, 0.15) is 11.8 Å². The molecule has 0 fully saturated rings. The van der Waals surface area contributed by atoms with E-state index < -0.39 is 0 Å². The fraction of sp³-hybridized carbons (Fsp3) is 0.533. The molecule has 21 heavy (non-hydrogen) atoms. The zero-order valence-electron chi connectivity index (χ0n) is 13.3. The normalized spacial score (nSPS) is 13.4. The smallest absolute Gasteiger partial charge is 0.323 e. The van der Waals surface area contributed by atoms with E-state index in [4.69, 9.17) is 9.26 Å². The van der Waals surface area contributed by atoms with Gasteiger partial charge in [-0.15, -0.1) is 0 Å². The average Bonchev–Trinajstić information content (AvgIpc) is 2.44. The fourth-order valence-corrected chi connectivity index (χ4v) is 2.81. The summed E-state index contributed by atoms with van der Waals surface area (Å²) >= 11 is 0. The summed E-state index contributed by atoms with van der Waals surface area (Å²) in [5.74, 6) is 0.653. The van der Waals surface area contributed by atoms with E-state index in [1.165, 1.54) is 7.11 Å². The van der Waals surface area contributed by atoms with E-state index in [0.717, 1.165) is 16.9 Å². The minimum absolute atomic E-state index is 0.0178. The highest BCUT2D eigenvalue weighted by Gasteiger charge is 2.22. The van der Waals surface area contributed by atoms with Crippen molar-refractivity contribution in [2.45, 2.75) is 38.6 Å². The molecule has 4 nitrogen and oxygen atoms in total. The molecule has 0 aliphatic heterocycles. The number of carbonyl (C=O) groups is 1. The number of benzene rings is 1. The molecule has 0 radical (unpaired) electrons. The van der Waals surface area contributed by atoms with Gasteiger partial charge in [-0.25, -0.2) is 0 Å². The molecular formula is C15H25NO3P2. The van der Waals surface area contributed by atoms with E-state index in [2.05, 4.69) is 41.1 Å². The molecule has 3 unspecified atom stereocenters. The van der Waals surface area contributed by atoms with Crippen LogP contribution in [-0.2, 0) is 21.4 Å². The van der Waals surface area contributed by atoms with Crippen molar-refractivity contribution >= 4 is 23.4 Å². The fourth-order valence-electron chi connectivity index (χ4n) is 2.12. The van der Waals surface area contributed by atoms with Crippen LogP contribution in [-0.4, -0.2) is 26.2 Å². The van der Waals surface area contributed by atoms with E-state index in [-0.39, 0.29) is 17.4 Å². The number of esters is 1. The summed E-state index contributed by atoms with van der Waals surface area (Å²) in [5, 5.41) is 2.99. The largest absolute Gasteiger partial charge is 0.473 e. The summed E-state index contributed by atoms with van der Waals surface area (Å²) in [6.45, 7) is 6.46. The second-order valence-corrected chi connectivity index (χ2v) is 7.02. The van der Waals surface area contributed by atoms with Gasteiger partial charge < -0.3 is 14.6 Å². The Labute approximate surface area is 131 Å². The Morgan fingerprint density at radius 3 is 2.57 bits per heavy atom. The lowest BCUT2D eigenvalue weighted by molar-refractivity contribution is -0.142. The molecule has 0 aliphatic carbocycles. The Kier molecular flexibility index (Phi) is 7.06. The maximum Gasteiger partial charge on any atom is 0.323 e. The maximum absolute atomic E-state index is 11.7. The summed E-state index contributed by atoms with van der Waals surface area (Å²) in [6.07, 6.45) is 0.593. The van der Waals surface area contributed by atoms with E-state index in [1.54, 1.807) is 7.05 Å². The maximum atomic E-state index is 11.7. The van der Waals surface area contributed by atoms with E-state index in [9.17, 15) is 4.79 Å². The summed E-state index contributed by atoms with van der Waals surface area (Å²) in [5.41, 5.74) is 2.22. The number of hydrogen-bond donors (Lipinski definition) is 1. The molecule has 0 heterocycles. The first-order chi connectivity index (χ1) is 9.83. The van der Waals surface area contributed by atoms with Crippen molar-refractivity contribution in [3.63, 3.8) is 0 Å².